The molecule has 0 fully saturated rings. The molecule has 0 saturated carbocycles. The fourth-order valence-corrected chi connectivity index (χ4v) is 1.02. The van der Waals surface area contributed by atoms with Gasteiger partial charge in [-0.3, -0.25) is 4.98 Å². The Balaban J connectivity index is 3.01. The molecule has 5 heteroatoms. The molecule has 0 saturated heterocycles. The van der Waals surface area contributed by atoms with E-state index < -0.39 is 0 Å². The quantitative estimate of drug-likeness (QED) is 0.546. The van der Waals surface area contributed by atoms with Gasteiger partial charge in [-0.15, -0.1) is 11.8 Å². The lowest BCUT2D eigenvalue weighted by Gasteiger charge is -1.97. The summed E-state index contributed by atoms with van der Waals surface area (Å²) >= 11 is 6.25. The third-order valence-corrected chi connectivity index (χ3v) is 1.90. The second-order valence-electron chi connectivity index (χ2n) is 1.81. The van der Waals surface area contributed by atoms with Crippen LogP contribution in [0.2, 0.25) is 0 Å². The second-order valence-corrected chi connectivity index (χ2v) is 3.08. The highest BCUT2D eigenvalue weighted by atomic mass is 32.2. The first-order chi connectivity index (χ1) is 5.24. The van der Waals surface area contributed by atoms with Crippen LogP contribution >= 0.6 is 24.0 Å². The minimum absolute atomic E-state index is 0.286. The minimum atomic E-state index is 0.286. The van der Waals surface area contributed by atoms with Crippen molar-refractivity contribution in [3.63, 3.8) is 0 Å². The van der Waals surface area contributed by atoms with E-state index in [1.165, 1.54) is 11.8 Å². The van der Waals surface area contributed by atoms with E-state index in [4.69, 9.17) is 18.0 Å². The second kappa shape index (κ2) is 3.64. The Kier molecular flexibility index (Phi) is 2.78. The zero-order valence-electron chi connectivity index (χ0n) is 5.94. The average molecular weight is 185 g/mol. The molecule has 2 N–H and O–H groups in total. The normalized spacial score (nSPS) is 9.55. The molecule has 0 bridgehead atoms. The number of hydrogen-bond donors (Lipinski definition) is 1. The van der Waals surface area contributed by atoms with Crippen LogP contribution in [0.5, 0.6) is 0 Å². The highest BCUT2D eigenvalue weighted by Crippen LogP contribution is 2.08. The summed E-state index contributed by atoms with van der Waals surface area (Å²) in [4.78, 5) is 8.34. The average Bonchev–Trinajstić information content (AvgIpc) is 2.05. The van der Waals surface area contributed by atoms with Crippen LogP contribution in [0.4, 0.5) is 0 Å². The van der Waals surface area contributed by atoms with Crippen LogP contribution in [-0.2, 0) is 0 Å². The SMILES string of the molecule is CSc1cncc(C(N)=S)n1. The van der Waals surface area contributed by atoms with E-state index in [1.54, 1.807) is 12.4 Å². The van der Waals surface area contributed by atoms with Crippen LogP contribution in [0, 0.1) is 0 Å². The smallest absolute Gasteiger partial charge is 0.124 e. The summed E-state index contributed by atoms with van der Waals surface area (Å²) in [6.07, 6.45) is 5.15. The fraction of sp³-hybridized carbons (Fsp3) is 0.167. The topological polar surface area (TPSA) is 51.8 Å². The Bertz CT molecular complexity index is 274. The van der Waals surface area contributed by atoms with Crippen LogP contribution in [0.3, 0.4) is 0 Å². The zero-order valence-corrected chi connectivity index (χ0v) is 7.58. The summed E-state index contributed by atoms with van der Waals surface area (Å²) in [6, 6.07) is 0. The Labute approximate surface area is 74.4 Å². The van der Waals surface area contributed by atoms with E-state index in [-0.39, 0.29) is 4.99 Å². The van der Waals surface area contributed by atoms with E-state index in [0.717, 1.165) is 5.03 Å². The maximum absolute atomic E-state index is 5.36. The van der Waals surface area contributed by atoms with Gasteiger partial charge in [0.05, 0.1) is 12.4 Å². The van der Waals surface area contributed by atoms with Crippen molar-refractivity contribution in [3.8, 4) is 0 Å². The molecule has 0 atom stereocenters. The number of thioether (sulfide) groups is 1. The van der Waals surface area contributed by atoms with Crippen molar-refractivity contribution in [1.29, 1.82) is 0 Å². The monoisotopic (exact) mass is 185 g/mol. The van der Waals surface area contributed by atoms with Crippen LogP contribution in [0.15, 0.2) is 17.4 Å². The zero-order chi connectivity index (χ0) is 8.27. The van der Waals surface area contributed by atoms with Crippen molar-refractivity contribution in [2.45, 2.75) is 5.03 Å². The van der Waals surface area contributed by atoms with Gasteiger partial charge in [0, 0.05) is 0 Å². The van der Waals surface area contributed by atoms with Gasteiger partial charge in [-0.1, -0.05) is 12.2 Å². The van der Waals surface area contributed by atoms with E-state index in [9.17, 15) is 0 Å². The molecule has 11 heavy (non-hydrogen) atoms. The third-order valence-electron chi connectivity index (χ3n) is 1.07. The van der Waals surface area contributed by atoms with Crippen LogP contribution in [0.25, 0.3) is 0 Å². The summed E-state index contributed by atoms with van der Waals surface area (Å²) in [5.41, 5.74) is 5.93. The van der Waals surface area contributed by atoms with Crippen molar-refractivity contribution in [1.82, 2.24) is 9.97 Å². The van der Waals surface area contributed by atoms with Crippen LogP contribution in [-0.4, -0.2) is 21.2 Å². The Hall–Kier alpha value is -0.680. The summed E-state index contributed by atoms with van der Waals surface area (Å²) in [5, 5.41) is 0.829. The first kappa shape index (κ1) is 8.42. The molecule has 0 aliphatic heterocycles. The molecule has 0 aromatic carbocycles. The largest absolute Gasteiger partial charge is 0.388 e. The number of rotatable bonds is 2. The highest BCUT2D eigenvalue weighted by Gasteiger charge is 1.98. The Morgan fingerprint density at radius 3 is 2.91 bits per heavy atom. The lowest BCUT2D eigenvalue weighted by molar-refractivity contribution is 1.04. The molecule has 3 nitrogen and oxygen atoms in total. The van der Waals surface area contributed by atoms with Crippen molar-refractivity contribution in [3.05, 3.63) is 18.1 Å². The number of thiocarbonyl (C=S) groups is 1. The van der Waals surface area contributed by atoms with E-state index in [1.807, 2.05) is 6.26 Å². The van der Waals surface area contributed by atoms with Crippen LogP contribution in [0.1, 0.15) is 5.69 Å². The lowest BCUT2D eigenvalue weighted by Crippen LogP contribution is -2.12. The van der Waals surface area contributed by atoms with E-state index in [0.29, 0.717) is 5.69 Å². The molecule has 0 amide bonds. The molecule has 1 heterocycles. The van der Waals surface area contributed by atoms with Gasteiger partial charge >= 0.3 is 0 Å². The molecule has 0 radical (unpaired) electrons. The van der Waals surface area contributed by atoms with Crippen molar-refractivity contribution in [2.75, 3.05) is 6.26 Å². The molecule has 1 aromatic heterocycles. The molecule has 0 spiro atoms. The fourth-order valence-electron chi connectivity index (χ4n) is 0.565. The predicted octanol–water partition coefficient (Wildman–Crippen LogP) is 0.833. The molecule has 0 unspecified atom stereocenters. The number of nitrogens with zero attached hydrogens (tertiary/aromatic N) is 2. The Morgan fingerprint density at radius 2 is 2.36 bits per heavy atom. The molecule has 58 valence electrons. The van der Waals surface area contributed by atoms with Gasteiger partial charge in [0.2, 0.25) is 0 Å². The van der Waals surface area contributed by atoms with Crippen molar-refractivity contribution >= 4 is 29.0 Å². The maximum atomic E-state index is 5.36. The number of aromatic nitrogens is 2. The van der Waals surface area contributed by atoms with Gasteiger partial charge in [0.15, 0.2) is 0 Å². The van der Waals surface area contributed by atoms with Gasteiger partial charge < -0.3 is 5.73 Å². The van der Waals surface area contributed by atoms with Gasteiger partial charge in [-0.25, -0.2) is 4.98 Å². The van der Waals surface area contributed by atoms with Gasteiger partial charge in [-0.2, -0.15) is 0 Å². The standard InChI is InChI=1S/C6H7N3S2/c1-11-5-3-8-2-4(9-5)6(7)10/h2-3H,1H3,(H2,7,10). The van der Waals surface area contributed by atoms with Gasteiger partial charge in [0.25, 0.3) is 0 Å². The number of hydrogen-bond acceptors (Lipinski definition) is 4. The first-order valence-corrected chi connectivity index (χ1v) is 4.53. The van der Waals surface area contributed by atoms with Crippen molar-refractivity contribution in [2.24, 2.45) is 5.73 Å². The van der Waals surface area contributed by atoms with Crippen LogP contribution < -0.4 is 5.73 Å². The highest BCUT2D eigenvalue weighted by molar-refractivity contribution is 7.98. The lowest BCUT2D eigenvalue weighted by atomic mass is 10.5. The summed E-state index contributed by atoms with van der Waals surface area (Å²) in [6.45, 7) is 0. The van der Waals surface area contributed by atoms with E-state index in [2.05, 4.69) is 9.97 Å². The summed E-state index contributed by atoms with van der Waals surface area (Å²) in [5.74, 6) is 0. The summed E-state index contributed by atoms with van der Waals surface area (Å²) in [7, 11) is 0. The first-order valence-electron chi connectivity index (χ1n) is 2.90. The predicted molar refractivity (Wildman–Crippen MR) is 49.7 cm³/mol. The van der Waals surface area contributed by atoms with Gasteiger partial charge in [0.1, 0.15) is 15.7 Å². The molecule has 1 aromatic rings. The van der Waals surface area contributed by atoms with E-state index >= 15 is 0 Å². The maximum Gasteiger partial charge on any atom is 0.124 e. The molecule has 0 aliphatic rings. The van der Waals surface area contributed by atoms with Crippen molar-refractivity contribution < 1.29 is 0 Å². The third kappa shape index (κ3) is 2.13. The molecule has 1 rings (SSSR count). The number of nitrogens with two attached hydrogens (primary N) is 1. The minimum Gasteiger partial charge on any atom is -0.388 e. The molecule has 0 aliphatic carbocycles. The van der Waals surface area contributed by atoms with Gasteiger partial charge in [-0.05, 0) is 6.26 Å². The molecular formula is C6H7N3S2. The Morgan fingerprint density at radius 1 is 1.64 bits per heavy atom. The summed E-state index contributed by atoms with van der Waals surface area (Å²) < 4.78 is 0. The molecular weight excluding hydrogens is 178 g/mol.